The molecular weight excluding hydrogens is 496 g/mol. The molecule has 1 aliphatic carbocycles. The number of fused-ring (bicyclic) bond motifs is 1. The Bertz CT molecular complexity index is 1320. The molecule has 10 nitrogen and oxygen atoms in total. The first-order valence-corrected chi connectivity index (χ1v) is 14.4. The third kappa shape index (κ3) is 5.67. The summed E-state index contributed by atoms with van der Waals surface area (Å²) < 4.78 is 34.9. The zero-order chi connectivity index (χ0) is 26.7. The summed E-state index contributed by atoms with van der Waals surface area (Å²) >= 11 is 0. The van der Waals surface area contributed by atoms with Crippen molar-refractivity contribution in [1.82, 2.24) is 19.1 Å². The second-order valence-corrected chi connectivity index (χ2v) is 11.9. The van der Waals surface area contributed by atoms with Gasteiger partial charge in [0.05, 0.1) is 17.0 Å². The molecule has 2 fully saturated rings. The van der Waals surface area contributed by atoms with Crippen molar-refractivity contribution >= 4 is 32.9 Å². The molecule has 1 aromatic heterocycles. The lowest BCUT2D eigenvalue weighted by Crippen LogP contribution is -2.47. The van der Waals surface area contributed by atoms with Crippen LogP contribution in [-0.2, 0) is 21.8 Å². The number of nitrogens with one attached hydrogen (secondary N) is 1. The number of rotatable bonds is 6. The minimum atomic E-state index is -3.79. The standard InChI is InChI=1S/C26H36N4O6S/c1-4-36-26(33)30-14-12-18(13-15-30)27-25(32)22-17-28(2)23-11-10-20(16-21(23)24(22)31)37(34,35)29(3)19-8-6-5-7-9-19/h10-11,16-19H,4-9,12-15H2,1-3H3,(H,27,32). The van der Waals surface area contributed by atoms with Crippen LogP contribution in [-0.4, -0.2) is 73.0 Å². The van der Waals surface area contributed by atoms with Crippen LogP contribution >= 0.6 is 0 Å². The van der Waals surface area contributed by atoms with Gasteiger partial charge in [0.25, 0.3) is 5.91 Å². The first-order chi connectivity index (χ1) is 17.6. The topological polar surface area (TPSA) is 118 Å². The molecule has 2 amide bonds. The minimum absolute atomic E-state index is 0.0435. The highest BCUT2D eigenvalue weighted by Gasteiger charge is 2.30. The fourth-order valence-electron chi connectivity index (χ4n) is 5.29. The van der Waals surface area contributed by atoms with E-state index in [0.717, 1.165) is 32.1 Å². The van der Waals surface area contributed by atoms with Crippen molar-refractivity contribution in [1.29, 1.82) is 0 Å². The number of carbonyl (C=O) groups is 2. The maximum Gasteiger partial charge on any atom is 0.409 e. The summed E-state index contributed by atoms with van der Waals surface area (Å²) in [6.45, 7) is 2.97. The first kappa shape index (κ1) is 27.1. The summed E-state index contributed by atoms with van der Waals surface area (Å²) in [5.74, 6) is -0.510. The van der Waals surface area contributed by atoms with Crippen molar-refractivity contribution in [3.63, 3.8) is 0 Å². The number of aryl methyl sites for hydroxylation is 1. The van der Waals surface area contributed by atoms with Gasteiger partial charge in [0.1, 0.15) is 5.56 Å². The van der Waals surface area contributed by atoms with Crippen LogP contribution in [0.5, 0.6) is 0 Å². The molecule has 2 aliphatic rings. The van der Waals surface area contributed by atoms with E-state index in [0.29, 0.717) is 38.1 Å². The Hall–Kier alpha value is -2.92. The van der Waals surface area contributed by atoms with Crippen LogP contribution in [0.25, 0.3) is 10.9 Å². The average Bonchev–Trinajstić information content (AvgIpc) is 2.91. The molecule has 0 bridgehead atoms. The van der Waals surface area contributed by atoms with Crippen LogP contribution in [0, 0.1) is 0 Å². The lowest BCUT2D eigenvalue weighted by atomic mass is 9.96. The molecule has 202 valence electrons. The van der Waals surface area contributed by atoms with Gasteiger partial charge in [0, 0.05) is 50.9 Å². The van der Waals surface area contributed by atoms with Gasteiger partial charge in [0.15, 0.2) is 0 Å². The largest absolute Gasteiger partial charge is 0.450 e. The van der Waals surface area contributed by atoms with Crippen molar-refractivity contribution in [2.24, 2.45) is 7.05 Å². The molecule has 11 heteroatoms. The van der Waals surface area contributed by atoms with E-state index in [4.69, 9.17) is 4.74 Å². The lowest BCUT2D eigenvalue weighted by molar-refractivity contribution is 0.0859. The smallest absolute Gasteiger partial charge is 0.409 e. The fraction of sp³-hybridized carbons (Fsp3) is 0.577. The molecule has 1 aromatic carbocycles. The van der Waals surface area contributed by atoms with E-state index in [2.05, 4.69) is 5.32 Å². The Morgan fingerprint density at radius 1 is 1.11 bits per heavy atom. The summed E-state index contributed by atoms with van der Waals surface area (Å²) in [7, 11) is -0.467. The summed E-state index contributed by atoms with van der Waals surface area (Å²) in [5.41, 5.74) is -0.00602. The molecule has 1 N–H and O–H groups in total. The SMILES string of the molecule is CCOC(=O)N1CCC(NC(=O)c2cn(C)c3ccc(S(=O)(=O)N(C)C4CCCCC4)cc3c2=O)CC1. The van der Waals surface area contributed by atoms with Gasteiger partial charge >= 0.3 is 6.09 Å². The Balaban J connectivity index is 1.55. The maximum absolute atomic E-state index is 13.4. The molecule has 1 aliphatic heterocycles. The van der Waals surface area contributed by atoms with Crippen LogP contribution in [0.15, 0.2) is 34.1 Å². The second-order valence-electron chi connectivity index (χ2n) is 9.91. The van der Waals surface area contributed by atoms with Crippen LogP contribution in [0.1, 0.15) is 62.2 Å². The number of likely N-dealkylation sites (tertiary alicyclic amines) is 1. The summed E-state index contributed by atoms with van der Waals surface area (Å²) in [5, 5.41) is 3.09. The Morgan fingerprint density at radius 2 is 1.78 bits per heavy atom. The number of sulfonamides is 1. The van der Waals surface area contributed by atoms with Gasteiger partial charge in [-0.3, -0.25) is 9.59 Å². The second kappa shape index (κ2) is 11.2. The Morgan fingerprint density at radius 3 is 2.43 bits per heavy atom. The zero-order valence-corrected chi connectivity index (χ0v) is 22.6. The number of pyridine rings is 1. The Labute approximate surface area is 217 Å². The van der Waals surface area contributed by atoms with E-state index in [-0.39, 0.29) is 34.0 Å². The van der Waals surface area contributed by atoms with Crippen molar-refractivity contribution in [3.05, 3.63) is 40.2 Å². The number of carbonyl (C=O) groups excluding carboxylic acids is 2. The van der Waals surface area contributed by atoms with E-state index in [1.54, 1.807) is 36.6 Å². The Kier molecular flexibility index (Phi) is 8.23. The molecule has 4 rings (SSSR count). The van der Waals surface area contributed by atoms with Gasteiger partial charge in [-0.2, -0.15) is 4.31 Å². The quantitative estimate of drug-likeness (QED) is 0.611. The highest BCUT2D eigenvalue weighted by molar-refractivity contribution is 7.89. The van der Waals surface area contributed by atoms with E-state index >= 15 is 0 Å². The summed E-state index contributed by atoms with van der Waals surface area (Å²) in [6, 6.07) is 4.29. The predicted octanol–water partition coefficient (Wildman–Crippen LogP) is 2.84. The molecule has 1 saturated heterocycles. The molecule has 0 spiro atoms. The van der Waals surface area contributed by atoms with Crippen molar-refractivity contribution in [2.45, 2.75) is 68.8 Å². The molecule has 1 saturated carbocycles. The molecule has 0 atom stereocenters. The van der Waals surface area contributed by atoms with Gasteiger partial charge in [-0.05, 0) is 50.8 Å². The maximum atomic E-state index is 13.4. The number of hydrogen-bond donors (Lipinski definition) is 1. The van der Waals surface area contributed by atoms with Crippen LogP contribution in [0.4, 0.5) is 4.79 Å². The van der Waals surface area contributed by atoms with Crippen molar-refractivity contribution in [2.75, 3.05) is 26.7 Å². The molecule has 37 heavy (non-hydrogen) atoms. The number of nitrogens with zero attached hydrogens (tertiary/aromatic N) is 3. The minimum Gasteiger partial charge on any atom is -0.450 e. The van der Waals surface area contributed by atoms with Crippen LogP contribution < -0.4 is 10.7 Å². The van der Waals surface area contributed by atoms with E-state index in [1.807, 2.05) is 0 Å². The van der Waals surface area contributed by atoms with E-state index < -0.39 is 21.4 Å². The number of benzene rings is 1. The summed E-state index contributed by atoms with van der Waals surface area (Å²) in [6.07, 6.45) is 6.99. The average molecular weight is 533 g/mol. The monoisotopic (exact) mass is 532 g/mol. The van der Waals surface area contributed by atoms with Crippen LogP contribution in [0.2, 0.25) is 0 Å². The molecule has 0 radical (unpaired) electrons. The van der Waals surface area contributed by atoms with Gasteiger partial charge in [-0.15, -0.1) is 0 Å². The molecular formula is C26H36N4O6S. The molecule has 2 heterocycles. The highest BCUT2D eigenvalue weighted by Crippen LogP contribution is 2.27. The zero-order valence-electron chi connectivity index (χ0n) is 21.7. The molecule has 2 aromatic rings. The first-order valence-electron chi connectivity index (χ1n) is 13.0. The van der Waals surface area contributed by atoms with Gasteiger partial charge < -0.3 is 19.5 Å². The van der Waals surface area contributed by atoms with Crippen molar-refractivity contribution in [3.8, 4) is 0 Å². The third-order valence-corrected chi connectivity index (χ3v) is 9.43. The van der Waals surface area contributed by atoms with E-state index in [9.17, 15) is 22.8 Å². The lowest BCUT2D eigenvalue weighted by Gasteiger charge is -2.31. The van der Waals surface area contributed by atoms with Gasteiger partial charge in [-0.25, -0.2) is 13.2 Å². The third-order valence-electron chi connectivity index (χ3n) is 7.53. The number of aromatic nitrogens is 1. The van der Waals surface area contributed by atoms with Crippen molar-refractivity contribution < 1.29 is 22.7 Å². The van der Waals surface area contributed by atoms with Gasteiger partial charge in [-0.1, -0.05) is 19.3 Å². The van der Waals surface area contributed by atoms with E-state index in [1.165, 1.54) is 22.6 Å². The number of ether oxygens (including phenoxy) is 1. The number of hydrogen-bond acceptors (Lipinski definition) is 6. The number of amides is 2. The molecule has 0 unspecified atom stereocenters. The summed E-state index contributed by atoms with van der Waals surface area (Å²) in [4.78, 5) is 40.0. The highest BCUT2D eigenvalue weighted by atomic mass is 32.2. The number of piperidine rings is 1. The van der Waals surface area contributed by atoms with Crippen LogP contribution in [0.3, 0.4) is 0 Å². The predicted molar refractivity (Wildman–Crippen MR) is 140 cm³/mol. The fourth-order valence-corrected chi connectivity index (χ4v) is 6.73. The normalized spacial score (nSPS) is 17.8. The van der Waals surface area contributed by atoms with Gasteiger partial charge in [0.2, 0.25) is 15.5 Å².